The van der Waals surface area contributed by atoms with Crippen LogP contribution in [0.5, 0.6) is 0 Å². The van der Waals surface area contributed by atoms with Crippen LogP contribution in [-0.4, -0.2) is 28.4 Å². The molecule has 0 radical (unpaired) electrons. The lowest BCUT2D eigenvalue weighted by Crippen LogP contribution is -2.46. The Balaban J connectivity index is 2.12. The first-order valence-electron chi connectivity index (χ1n) is 7.39. The van der Waals surface area contributed by atoms with E-state index in [2.05, 4.69) is 29.6 Å². The van der Waals surface area contributed by atoms with Gasteiger partial charge in [-0.25, -0.2) is 4.68 Å². The van der Waals surface area contributed by atoms with Crippen molar-refractivity contribution in [1.29, 1.82) is 0 Å². The molecule has 5 nitrogen and oxygen atoms in total. The lowest BCUT2D eigenvalue weighted by Gasteiger charge is -2.31. The molecule has 0 spiro atoms. The fourth-order valence-corrected chi connectivity index (χ4v) is 2.67. The monoisotopic (exact) mass is 298 g/mol. The molecule has 20 heavy (non-hydrogen) atoms. The first-order valence-corrected chi connectivity index (χ1v) is 7.76. The molecule has 112 valence electrons. The predicted molar refractivity (Wildman–Crippen MR) is 82.5 cm³/mol. The molecule has 1 saturated heterocycles. The second-order valence-corrected chi connectivity index (χ2v) is 5.77. The number of hydrogen-bond acceptors (Lipinski definition) is 4. The van der Waals surface area contributed by atoms with Crippen molar-refractivity contribution in [3.63, 3.8) is 0 Å². The summed E-state index contributed by atoms with van der Waals surface area (Å²) in [6, 6.07) is 0.649. The quantitative estimate of drug-likeness (QED) is 0.875. The van der Waals surface area contributed by atoms with Crippen LogP contribution < -0.4 is 16.2 Å². The number of unbranched alkanes of at least 4 members (excludes halogenated alkanes) is 1. The number of nitrogens with zero attached hydrogens (tertiary/aromatic N) is 2. The normalized spacial score (nSPS) is 22.8. The van der Waals surface area contributed by atoms with Crippen molar-refractivity contribution in [2.75, 3.05) is 11.9 Å². The highest BCUT2D eigenvalue weighted by Crippen LogP contribution is 2.20. The summed E-state index contributed by atoms with van der Waals surface area (Å²) >= 11 is 6.19. The van der Waals surface area contributed by atoms with Gasteiger partial charge in [0.2, 0.25) is 0 Å². The van der Waals surface area contributed by atoms with E-state index in [1.165, 1.54) is 4.68 Å². The molecule has 0 bridgehead atoms. The molecule has 0 saturated carbocycles. The zero-order valence-electron chi connectivity index (χ0n) is 12.2. The van der Waals surface area contributed by atoms with Gasteiger partial charge in [-0.2, -0.15) is 5.10 Å². The first kappa shape index (κ1) is 15.3. The number of nitrogens with one attached hydrogen (secondary N) is 2. The van der Waals surface area contributed by atoms with Crippen molar-refractivity contribution in [1.82, 2.24) is 15.1 Å². The van der Waals surface area contributed by atoms with E-state index in [0.29, 0.717) is 18.3 Å². The van der Waals surface area contributed by atoms with Gasteiger partial charge in [0, 0.05) is 18.6 Å². The topological polar surface area (TPSA) is 59.0 Å². The standard InChI is InChI=1S/C14H23ClN4O/c1-3-4-8-19-14(20)13(15)12(9-17-19)18-11-6-5-7-16-10(11)2/h9-11,16,18H,3-8H2,1-2H3. The largest absolute Gasteiger partial charge is 0.378 e. The van der Waals surface area contributed by atoms with Crippen LogP contribution in [0.25, 0.3) is 0 Å². The summed E-state index contributed by atoms with van der Waals surface area (Å²) in [6.45, 7) is 5.89. The molecule has 6 heteroatoms. The Hall–Kier alpha value is -1.07. The molecular weight excluding hydrogens is 276 g/mol. The van der Waals surface area contributed by atoms with Crippen molar-refractivity contribution >= 4 is 17.3 Å². The van der Waals surface area contributed by atoms with E-state index >= 15 is 0 Å². The van der Waals surface area contributed by atoms with Gasteiger partial charge in [-0.05, 0) is 32.7 Å². The molecule has 2 N–H and O–H groups in total. The van der Waals surface area contributed by atoms with E-state index < -0.39 is 0 Å². The smallest absolute Gasteiger partial charge is 0.287 e. The molecule has 1 aromatic heterocycles. The van der Waals surface area contributed by atoms with E-state index in [1.807, 2.05) is 0 Å². The Morgan fingerprint density at radius 3 is 3.10 bits per heavy atom. The number of aryl methyl sites for hydroxylation is 1. The number of halogens is 1. The number of hydrogen-bond donors (Lipinski definition) is 2. The minimum absolute atomic E-state index is 0.207. The number of anilines is 1. The minimum atomic E-state index is -0.207. The summed E-state index contributed by atoms with van der Waals surface area (Å²) in [7, 11) is 0. The van der Waals surface area contributed by atoms with Crippen LogP contribution in [0.3, 0.4) is 0 Å². The van der Waals surface area contributed by atoms with E-state index in [9.17, 15) is 4.79 Å². The first-order chi connectivity index (χ1) is 9.63. The lowest BCUT2D eigenvalue weighted by atomic mass is 10.00. The van der Waals surface area contributed by atoms with Crippen LogP contribution in [0.1, 0.15) is 39.5 Å². The summed E-state index contributed by atoms with van der Waals surface area (Å²) in [5.74, 6) is 0. The molecular formula is C14H23ClN4O. The maximum absolute atomic E-state index is 12.1. The van der Waals surface area contributed by atoms with E-state index in [1.54, 1.807) is 6.20 Å². The van der Waals surface area contributed by atoms with Gasteiger partial charge in [-0.3, -0.25) is 4.79 Å². The SMILES string of the molecule is CCCCn1ncc(NC2CCCNC2C)c(Cl)c1=O. The van der Waals surface area contributed by atoms with Crippen LogP contribution in [0.15, 0.2) is 11.0 Å². The van der Waals surface area contributed by atoms with E-state index in [4.69, 9.17) is 11.6 Å². The summed E-state index contributed by atoms with van der Waals surface area (Å²) < 4.78 is 1.44. The van der Waals surface area contributed by atoms with E-state index in [-0.39, 0.29) is 16.6 Å². The summed E-state index contributed by atoms with van der Waals surface area (Å²) in [6.07, 6.45) is 5.82. The van der Waals surface area contributed by atoms with Gasteiger partial charge in [0.25, 0.3) is 5.56 Å². The highest BCUT2D eigenvalue weighted by atomic mass is 35.5. The second-order valence-electron chi connectivity index (χ2n) is 5.39. The van der Waals surface area contributed by atoms with Crippen LogP contribution in [-0.2, 0) is 6.54 Å². The number of rotatable bonds is 5. The molecule has 0 aromatic carbocycles. The maximum atomic E-state index is 12.1. The molecule has 1 aliphatic heterocycles. The molecule has 1 fully saturated rings. The van der Waals surface area contributed by atoms with Crippen molar-refractivity contribution in [2.45, 2.75) is 58.2 Å². The highest BCUT2D eigenvalue weighted by Gasteiger charge is 2.22. The van der Waals surface area contributed by atoms with Crippen molar-refractivity contribution < 1.29 is 0 Å². The fourth-order valence-electron chi connectivity index (χ4n) is 2.47. The Morgan fingerprint density at radius 1 is 1.60 bits per heavy atom. The molecule has 0 aliphatic carbocycles. The van der Waals surface area contributed by atoms with Gasteiger partial charge in [0.15, 0.2) is 0 Å². The van der Waals surface area contributed by atoms with Crippen molar-refractivity contribution in [3.8, 4) is 0 Å². The third kappa shape index (κ3) is 3.52. The van der Waals surface area contributed by atoms with Gasteiger partial charge in [-0.1, -0.05) is 24.9 Å². The van der Waals surface area contributed by atoms with Gasteiger partial charge in [0.1, 0.15) is 5.02 Å². The fraction of sp³-hybridized carbons (Fsp3) is 0.714. The van der Waals surface area contributed by atoms with Gasteiger partial charge in [0.05, 0.1) is 11.9 Å². The Labute approximate surface area is 124 Å². The highest BCUT2D eigenvalue weighted by molar-refractivity contribution is 6.32. The zero-order valence-corrected chi connectivity index (χ0v) is 12.9. The third-order valence-electron chi connectivity index (χ3n) is 3.81. The third-order valence-corrected chi connectivity index (χ3v) is 4.18. The zero-order chi connectivity index (χ0) is 14.5. The molecule has 2 unspecified atom stereocenters. The number of piperidine rings is 1. The Kier molecular flexibility index (Phi) is 5.43. The average Bonchev–Trinajstić information content (AvgIpc) is 2.45. The Bertz CT molecular complexity index is 502. The predicted octanol–water partition coefficient (Wildman–Crippen LogP) is 2.25. The summed E-state index contributed by atoms with van der Waals surface area (Å²) in [5.41, 5.74) is 0.437. The van der Waals surface area contributed by atoms with Gasteiger partial charge in [-0.15, -0.1) is 0 Å². The minimum Gasteiger partial charge on any atom is -0.378 e. The summed E-state index contributed by atoms with van der Waals surface area (Å²) in [5, 5.41) is 11.2. The van der Waals surface area contributed by atoms with E-state index in [0.717, 1.165) is 32.2 Å². The molecule has 1 aliphatic rings. The molecule has 2 heterocycles. The van der Waals surface area contributed by atoms with Crippen molar-refractivity contribution in [2.24, 2.45) is 0 Å². The van der Waals surface area contributed by atoms with Gasteiger partial charge < -0.3 is 10.6 Å². The lowest BCUT2D eigenvalue weighted by molar-refractivity contribution is 0.389. The van der Waals surface area contributed by atoms with Gasteiger partial charge >= 0.3 is 0 Å². The van der Waals surface area contributed by atoms with Crippen molar-refractivity contribution in [3.05, 3.63) is 21.6 Å². The maximum Gasteiger partial charge on any atom is 0.287 e. The average molecular weight is 299 g/mol. The van der Waals surface area contributed by atoms with Crippen LogP contribution in [0.2, 0.25) is 5.02 Å². The van der Waals surface area contributed by atoms with Crippen LogP contribution in [0, 0.1) is 0 Å². The molecule has 2 rings (SSSR count). The second kappa shape index (κ2) is 7.09. The summed E-state index contributed by atoms with van der Waals surface area (Å²) in [4.78, 5) is 12.1. The molecule has 2 atom stereocenters. The van der Waals surface area contributed by atoms with Crippen LogP contribution >= 0.6 is 11.6 Å². The molecule has 1 aromatic rings. The number of aromatic nitrogens is 2. The molecule has 0 amide bonds. The van der Waals surface area contributed by atoms with Crippen LogP contribution in [0.4, 0.5) is 5.69 Å². The Morgan fingerprint density at radius 2 is 2.40 bits per heavy atom.